The van der Waals surface area contributed by atoms with Crippen LogP contribution >= 0.6 is 0 Å². The quantitative estimate of drug-likeness (QED) is 0.0417. The lowest BCUT2D eigenvalue weighted by molar-refractivity contribution is -0.295. The number of unbranched alkanes of at least 4 members (excludes halogenated alkanes) is 21. The molecule has 0 aromatic heterocycles. The van der Waals surface area contributed by atoms with Crippen LogP contribution in [-0.2, 0) is 19.1 Å². The number of carboxylic acid groups (broad SMARTS) is 1. The number of carboxylic acids is 1. The van der Waals surface area contributed by atoms with Gasteiger partial charge in [-0.25, -0.2) is 4.79 Å². The van der Waals surface area contributed by atoms with Crippen LogP contribution in [0.1, 0.15) is 174 Å². The van der Waals surface area contributed by atoms with Crippen molar-refractivity contribution in [3.8, 4) is 0 Å². The Hall–Kier alpha value is -1.34. The highest BCUT2D eigenvalue weighted by molar-refractivity contribution is 5.80. The van der Waals surface area contributed by atoms with Crippen molar-refractivity contribution in [2.75, 3.05) is 6.61 Å². The maximum atomic E-state index is 12.9. The zero-order chi connectivity index (χ0) is 36.3. The van der Waals surface area contributed by atoms with Gasteiger partial charge in [0.05, 0.1) is 18.8 Å². The fraction of sp³-hybridized carbons (Fsp3) is 0.947. The Balaban J connectivity index is 2.53. The van der Waals surface area contributed by atoms with Crippen LogP contribution in [0.25, 0.3) is 0 Å². The SMILES string of the molecule is CCCCCCCCCCCCCCC[C@@H](O)[C@H](COC1OC(C(=O)O)C(O)C(O)C1O)NC(=O)[C@H](O)CCCCCCCCCCCC. The van der Waals surface area contributed by atoms with E-state index in [1.807, 2.05) is 0 Å². The van der Waals surface area contributed by atoms with E-state index >= 15 is 0 Å². The molecule has 0 spiro atoms. The molecular weight excluding hydrogens is 630 g/mol. The van der Waals surface area contributed by atoms with Crippen LogP contribution in [0.4, 0.5) is 0 Å². The first kappa shape index (κ1) is 45.7. The van der Waals surface area contributed by atoms with E-state index in [2.05, 4.69) is 19.2 Å². The van der Waals surface area contributed by atoms with Crippen LogP contribution in [0.5, 0.6) is 0 Å². The van der Waals surface area contributed by atoms with Crippen molar-refractivity contribution in [2.45, 2.75) is 223 Å². The summed E-state index contributed by atoms with van der Waals surface area (Å²) in [6.45, 7) is 4.07. The second-order valence-electron chi connectivity index (χ2n) is 14.3. The molecule has 0 aliphatic carbocycles. The first-order valence-electron chi connectivity index (χ1n) is 19.8. The minimum absolute atomic E-state index is 0.291. The number of carbonyl (C=O) groups excluding carboxylic acids is 1. The summed E-state index contributed by atoms with van der Waals surface area (Å²) in [6.07, 6.45) is 16.3. The smallest absolute Gasteiger partial charge is 0.335 e. The predicted molar refractivity (Wildman–Crippen MR) is 191 cm³/mol. The van der Waals surface area contributed by atoms with Gasteiger partial charge >= 0.3 is 5.97 Å². The highest BCUT2D eigenvalue weighted by Crippen LogP contribution is 2.23. The molecule has 7 N–H and O–H groups in total. The average Bonchev–Trinajstić information content (AvgIpc) is 3.08. The van der Waals surface area contributed by atoms with E-state index in [0.717, 1.165) is 44.9 Å². The fourth-order valence-electron chi connectivity index (χ4n) is 6.44. The van der Waals surface area contributed by atoms with Gasteiger partial charge in [0.2, 0.25) is 5.91 Å². The minimum atomic E-state index is -1.86. The summed E-state index contributed by atoms with van der Waals surface area (Å²) in [5.41, 5.74) is 0. The molecule has 49 heavy (non-hydrogen) atoms. The maximum absolute atomic E-state index is 12.9. The third-order valence-corrected chi connectivity index (χ3v) is 9.78. The van der Waals surface area contributed by atoms with Crippen molar-refractivity contribution in [1.29, 1.82) is 0 Å². The Morgan fingerprint density at radius 3 is 1.45 bits per heavy atom. The Kier molecular flexibility index (Phi) is 27.3. The van der Waals surface area contributed by atoms with Crippen LogP contribution in [0.3, 0.4) is 0 Å². The van der Waals surface area contributed by atoms with E-state index in [9.17, 15) is 40.2 Å². The zero-order valence-electron chi connectivity index (χ0n) is 30.8. The van der Waals surface area contributed by atoms with E-state index in [1.54, 1.807) is 0 Å². The Bertz CT molecular complexity index is 817. The third kappa shape index (κ3) is 20.9. The number of aliphatic hydroxyl groups is 5. The molecule has 290 valence electrons. The van der Waals surface area contributed by atoms with Crippen LogP contribution in [0.15, 0.2) is 0 Å². The van der Waals surface area contributed by atoms with E-state index in [1.165, 1.54) is 96.3 Å². The van der Waals surface area contributed by atoms with Crippen LogP contribution in [0, 0.1) is 0 Å². The normalized spacial score (nSPS) is 22.9. The molecule has 1 rings (SSSR count). The molecule has 1 saturated heterocycles. The standard InChI is InChI=1S/C38H73NO10/c1-3-5-7-9-11-13-15-16-17-19-20-22-24-26-30(40)29(28-48-38-34(44)32(42)33(43)35(49-38)37(46)47)39-36(45)31(41)27-25-23-21-18-14-12-10-8-6-4-2/h29-35,38,40-44H,3-28H2,1-2H3,(H,39,45)(H,46,47)/t29-,30+,31+,32?,33?,34?,35?,38?/m0/s1. The molecule has 0 bridgehead atoms. The molecule has 0 radical (unpaired) electrons. The van der Waals surface area contributed by atoms with Gasteiger partial charge in [-0.2, -0.15) is 0 Å². The number of aliphatic hydroxyl groups excluding tert-OH is 5. The zero-order valence-corrected chi connectivity index (χ0v) is 30.8. The topological polar surface area (TPSA) is 186 Å². The van der Waals surface area contributed by atoms with Gasteiger partial charge in [-0.1, -0.05) is 162 Å². The van der Waals surface area contributed by atoms with E-state index in [4.69, 9.17) is 9.47 Å². The lowest BCUT2D eigenvalue weighted by Gasteiger charge is -2.39. The van der Waals surface area contributed by atoms with Crippen molar-refractivity contribution >= 4 is 11.9 Å². The summed E-state index contributed by atoms with van der Waals surface area (Å²) in [5.74, 6) is -2.17. The third-order valence-electron chi connectivity index (χ3n) is 9.78. The van der Waals surface area contributed by atoms with Gasteiger partial charge in [-0.15, -0.1) is 0 Å². The van der Waals surface area contributed by atoms with Gasteiger partial charge in [0.15, 0.2) is 12.4 Å². The summed E-state index contributed by atoms with van der Waals surface area (Å²) in [6, 6.07) is -0.977. The molecule has 0 aromatic carbocycles. The molecule has 1 fully saturated rings. The molecule has 1 heterocycles. The second-order valence-corrected chi connectivity index (χ2v) is 14.3. The fourth-order valence-corrected chi connectivity index (χ4v) is 6.44. The first-order valence-corrected chi connectivity index (χ1v) is 19.8. The number of carbonyl (C=O) groups is 2. The molecule has 1 aliphatic rings. The molecular formula is C38H73NO10. The molecule has 11 heteroatoms. The molecule has 11 nitrogen and oxygen atoms in total. The molecule has 0 aromatic rings. The Labute approximate surface area is 296 Å². The number of amides is 1. The van der Waals surface area contributed by atoms with E-state index in [-0.39, 0.29) is 6.61 Å². The van der Waals surface area contributed by atoms with Crippen LogP contribution in [0.2, 0.25) is 0 Å². The lowest BCUT2D eigenvalue weighted by atomic mass is 9.99. The van der Waals surface area contributed by atoms with E-state index < -0.39 is 60.8 Å². The predicted octanol–water partition coefficient (Wildman–Crippen LogP) is 5.89. The number of nitrogens with one attached hydrogen (secondary N) is 1. The van der Waals surface area contributed by atoms with E-state index in [0.29, 0.717) is 19.3 Å². The number of rotatable bonds is 32. The van der Waals surface area contributed by atoms with Gasteiger partial charge in [0, 0.05) is 0 Å². The van der Waals surface area contributed by atoms with Crippen molar-refractivity contribution in [2.24, 2.45) is 0 Å². The lowest BCUT2D eigenvalue weighted by Crippen LogP contribution is -2.61. The van der Waals surface area contributed by atoms with Crippen molar-refractivity contribution < 1.29 is 49.7 Å². The average molecular weight is 704 g/mol. The van der Waals surface area contributed by atoms with Gasteiger partial charge in [0.25, 0.3) is 0 Å². The number of aliphatic carboxylic acids is 1. The largest absolute Gasteiger partial charge is 0.479 e. The van der Waals surface area contributed by atoms with Crippen molar-refractivity contribution in [3.63, 3.8) is 0 Å². The van der Waals surface area contributed by atoms with Gasteiger partial charge in [-0.3, -0.25) is 4.79 Å². The molecule has 1 aliphatic heterocycles. The number of ether oxygens (including phenoxy) is 2. The molecule has 0 saturated carbocycles. The van der Waals surface area contributed by atoms with Crippen LogP contribution < -0.4 is 5.32 Å². The first-order chi connectivity index (χ1) is 23.6. The van der Waals surface area contributed by atoms with Gasteiger partial charge in [0.1, 0.15) is 24.4 Å². The summed E-state index contributed by atoms with van der Waals surface area (Å²) in [7, 11) is 0. The Morgan fingerprint density at radius 1 is 0.612 bits per heavy atom. The van der Waals surface area contributed by atoms with Gasteiger partial charge in [-0.05, 0) is 12.8 Å². The highest BCUT2D eigenvalue weighted by Gasteiger charge is 2.47. The highest BCUT2D eigenvalue weighted by atomic mass is 16.7. The summed E-state index contributed by atoms with van der Waals surface area (Å²) < 4.78 is 10.8. The second kappa shape index (κ2) is 29.3. The Morgan fingerprint density at radius 2 is 1.02 bits per heavy atom. The molecule has 1 amide bonds. The summed E-state index contributed by atoms with van der Waals surface area (Å²) in [4.78, 5) is 24.4. The monoisotopic (exact) mass is 704 g/mol. The van der Waals surface area contributed by atoms with Gasteiger partial charge < -0.3 is 45.4 Å². The number of hydrogen-bond acceptors (Lipinski definition) is 9. The van der Waals surface area contributed by atoms with Crippen molar-refractivity contribution in [3.05, 3.63) is 0 Å². The van der Waals surface area contributed by atoms with Crippen molar-refractivity contribution in [1.82, 2.24) is 5.32 Å². The number of hydrogen-bond donors (Lipinski definition) is 7. The summed E-state index contributed by atoms with van der Waals surface area (Å²) in [5, 5.41) is 64.1. The molecule has 8 atom stereocenters. The maximum Gasteiger partial charge on any atom is 0.335 e. The summed E-state index contributed by atoms with van der Waals surface area (Å²) >= 11 is 0. The minimum Gasteiger partial charge on any atom is -0.479 e. The van der Waals surface area contributed by atoms with Crippen LogP contribution in [-0.4, -0.2) is 98.1 Å². The molecule has 5 unspecified atom stereocenters.